The maximum Gasteiger partial charge on any atom is 0.0543 e. The van der Waals surface area contributed by atoms with E-state index in [9.17, 15) is 0 Å². The smallest absolute Gasteiger partial charge is 0.0543 e. The molecule has 0 nitrogen and oxygen atoms in total. The predicted molar refractivity (Wildman–Crippen MR) is 57.8 cm³/mol. The molecule has 0 saturated carbocycles. The van der Waals surface area contributed by atoms with Crippen LogP contribution in [0.4, 0.5) is 0 Å². The lowest BCUT2D eigenvalue weighted by Crippen LogP contribution is -1.81. The van der Waals surface area contributed by atoms with Crippen molar-refractivity contribution in [3.8, 4) is 0 Å². The molecule has 0 aliphatic carbocycles. The van der Waals surface area contributed by atoms with E-state index < -0.39 is 0 Å². The van der Waals surface area contributed by atoms with E-state index in [2.05, 4.69) is 42.5 Å². The van der Waals surface area contributed by atoms with E-state index in [-0.39, 0.29) is 0 Å². The fraction of sp³-hybridized carbons (Fsp3) is 0.0833. The van der Waals surface area contributed by atoms with Gasteiger partial charge in [-0.05, 0) is 22.8 Å². The van der Waals surface area contributed by atoms with Gasteiger partial charge in [0.25, 0.3) is 0 Å². The van der Waals surface area contributed by atoms with Crippen LogP contribution in [-0.4, -0.2) is 0 Å². The van der Waals surface area contributed by atoms with Crippen molar-refractivity contribution in [1.29, 1.82) is 0 Å². The quantitative estimate of drug-likeness (QED) is 0.675. The Hall–Kier alpha value is -1.01. The summed E-state index contributed by atoms with van der Waals surface area (Å²) in [6, 6.07) is 14.8. The van der Waals surface area contributed by atoms with Gasteiger partial charge in [0.15, 0.2) is 0 Å². The molecule has 0 spiro atoms. The number of hydrogen-bond acceptors (Lipinski definition) is 0. The van der Waals surface area contributed by atoms with Gasteiger partial charge >= 0.3 is 0 Å². The van der Waals surface area contributed by atoms with Crippen LogP contribution in [0.15, 0.2) is 42.5 Å². The summed E-state index contributed by atoms with van der Waals surface area (Å²) in [6.07, 6.45) is 0.826. The third-order valence-electron chi connectivity index (χ3n) is 2.13. The molecule has 0 fully saturated rings. The van der Waals surface area contributed by atoms with E-state index in [1.807, 2.05) is 0 Å². The largest absolute Gasteiger partial charge is 0.121 e. The number of benzene rings is 2. The van der Waals surface area contributed by atoms with Gasteiger partial charge in [-0.2, -0.15) is 0 Å². The van der Waals surface area contributed by atoms with Crippen molar-refractivity contribution in [1.82, 2.24) is 0 Å². The Morgan fingerprint density at radius 1 is 1.00 bits per heavy atom. The Morgan fingerprint density at radius 2 is 1.77 bits per heavy atom. The molecule has 1 heteroatoms. The fourth-order valence-electron chi connectivity index (χ4n) is 1.45. The van der Waals surface area contributed by atoms with Crippen LogP contribution in [0.5, 0.6) is 0 Å². The molecule has 0 unspecified atom stereocenters. The number of fused-ring (bicyclic) bond motifs is 1. The first kappa shape index (κ1) is 8.58. The van der Waals surface area contributed by atoms with E-state index in [0.717, 1.165) is 6.42 Å². The Kier molecular flexibility index (Phi) is 2.51. The molecule has 0 saturated heterocycles. The first-order chi connectivity index (χ1) is 6.40. The van der Waals surface area contributed by atoms with Gasteiger partial charge in [-0.15, -0.1) is 11.6 Å². The summed E-state index contributed by atoms with van der Waals surface area (Å²) in [5, 5.41) is 2.55. The second kappa shape index (κ2) is 3.80. The first-order valence-corrected chi connectivity index (χ1v) is 4.73. The van der Waals surface area contributed by atoms with E-state index in [4.69, 9.17) is 11.6 Å². The van der Waals surface area contributed by atoms with Crippen LogP contribution in [0.3, 0.4) is 0 Å². The van der Waals surface area contributed by atoms with Gasteiger partial charge in [0, 0.05) is 0 Å². The Labute approximate surface area is 83.1 Å². The second-order valence-electron chi connectivity index (χ2n) is 3.04. The van der Waals surface area contributed by atoms with Crippen molar-refractivity contribution in [3.05, 3.63) is 53.9 Å². The Bertz CT molecular complexity index is 407. The minimum atomic E-state index is 0.826. The van der Waals surface area contributed by atoms with Crippen LogP contribution in [-0.2, 0) is 6.42 Å². The van der Waals surface area contributed by atoms with Gasteiger partial charge in [-0.25, -0.2) is 0 Å². The highest BCUT2D eigenvalue weighted by Crippen LogP contribution is 2.16. The second-order valence-corrected chi connectivity index (χ2v) is 3.35. The number of halogens is 1. The molecule has 0 atom stereocenters. The van der Waals surface area contributed by atoms with Crippen LogP contribution in [0, 0.1) is 5.88 Å². The van der Waals surface area contributed by atoms with Gasteiger partial charge in [-0.3, -0.25) is 0 Å². The summed E-state index contributed by atoms with van der Waals surface area (Å²) in [4.78, 5) is 0. The molecule has 0 heterocycles. The van der Waals surface area contributed by atoms with Crippen molar-refractivity contribution in [2.45, 2.75) is 6.42 Å². The standard InChI is InChI=1S/C12H10Cl/c13-8-7-10-5-6-11-3-1-2-4-12(11)9-10/h1-6,8-9H,7H2. The first-order valence-electron chi connectivity index (χ1n) is 4.30. The zero-order valence-corrected chi connectivity index (χ0v) is 7.96. The van der Waals surface area contributed by atoms with Gasteiger partial charge in [0.1, 0.15) is 0 Å². The van der Waals surface area contributed by atoms with Crippen LogP contribution in [0.2, 0.25) is 0 Å². The normalized spacial score (nSPS) is 10.5. The molecule has 1 radical (unpaired) electrons. The van der Waals surface area contributed by atoms with Crippen molar-refractivity contribution < 1.29 is 0 Å². The SMILES string of the molecule is Cl[CH]Cc1ccc2ccccc2c1. The monoisotopic (exact) mass is 189 g/mol. The summed E-state index contributed by atoms with van der Waals surface area (Å²) in [5.41, 5.74) is 1.26. The topological polar surface area (TPSA) is 0 Å². The number of rotatable bonds is 2. The molecule has 2 aromatic carbocycles. The lowest BCUT2D eigenvalue weighted by molar-refractivity contribution is 1.25. The zero-order valence-electron chi connectivity index (χ0n) is 7.20. The molecule has 0 amide bonds. The van der Waals surface area contributed by atoms with Gasteiger partial charge < -0.3 is 0 Å². The maximum atomic E-state index is 5.56. The molecular formula is C12H10Cl. The summed E-state index contributed by atoms with van der Waals surface area (Å²) < 4.78 is 0. The van der Waals surface area contributed by atoms with E-state index in [0.29, 0.717) is 0 Å². The third kappa shape index (κ3) is 1.84. The fourth-order valence-corrected chi connectivity index (χ4v) is 1.63. The molecule has 0 aliphatic heterocycles. The summed E-state index contributed by atoms with van der Waals surface area (Å²) in [6.45, 7) is 0. The highest BCUT2D eigenvalue weighted by molar-refractivity contribution is 6.23. The molecule has 2 rings (SSSR count). The van der Waals surface area contributed by atoms with E-state index in [1.165, 1.54) is 16.3 Å². The molecule has 0 aliphatic rings. The van der Waals surface area contributed by atoms with Crippen LogP contribution in [0.1, 0.15) is 5.56 Å². The summed E-state index contributed by atoms with van der Waals surface area (Å²) >= 11 is 5.56. The Morgan fingerprint density at radius 3 is 2.54 bits per heavy atom. The van der Waals surface area contributed by atoms with Crippen LogP contribution in [0.25, 0.3) is 10.8 Å². The molecule has 65 valence electrons. The van der Waals surface area contributed by atoms with Crippen molar-refractivity contribution in [2.75, 3.05) is 0 Å². The van der Waals surface area contributed by atoms with Crippen molar-refractivity contribution in [2.24, 2.45) is 0 Å². The van der Waals surface area contributed by atoms with Crippen molar-refractivity contribution in [3.63, 3.8) is 0 Å². The van der Waals surface area contributed by atoms with Crippen molar-refractivity contribution >= 4 is 22.4 Å². The van der Waals surface area contributed by atoms with Gasteiger partial charge in [0.2, 0.25) is 0 Å². The molecule has 0 aromatic heterocycles. The maximum absolute atomic E-state index is 5.56. The average molecular weight is 190 g/mol. The minimum absolute atomic E-state index is 0.826. The molecule has 0 N–H and O–H groups in total. The van der Waals surface area contributed by atoms with Gasteiger partial charge in [0.05, 0.1) is 5.88 Å². The molecule has 13 heavy (non-hydrogen) atoms. The zero-order chi connectivity index (χ0) is 9.10. The lowest BCUT2D eigenvalue weighted by atomic mass is 10.1. The lowest BCUT2D eigenvalue weighted by Gasteiger charge is -2.00. The van der Waals surface area contributed by atoms with Gasteiger partial charge in [-0.1, -0.05) is 42.5 Å². The summed E-state index contributed by atoms with van der Waals surface area (Å²) in [7, 11) is 0. The summed E-state index contributed by atoms with van der Waals surface area (Å²) in [5.74, 6) is 1.66. The highest BCUT2D eigenvalue weighted by atomic mass is 35.5. The minimum Gasteiger partial charge on any atom is -0.121 e. The average Bonchev–Trinajstić information content (AvgIpc) is 2.18. The predicted octanol–water partition coefficient (Wildman–Crippen LogP) is 3.78. The third-order valence-corrected chi connectivity index (χ3v) is 2.28. The number of hydrogen-bond donors (Lipinski definition) is 0. The highest BCUT2D eigenvalue weighted by Gasteiger charge is 1.94. The molecule has 2 aromatic rings. The van der Waals surface area contributed by atoms with E-state index in [1.54, 1.807) is 5.88 Å². The van der Waals surface area contributed by atoms with E-state index >= 15 is 0 Å². The molecule has 0 bridgehead atoms. The molecular weight excluding hydrogens is 180 g/mol. The Balaban J connectivity index is 2.49. The van der Waals surface area contributed by atoms with Crippen LogP contribution < -0.4 is 0 Å². The van der Waals surface area contributed by atoms with Crippen LogP contribution >= 0.6 is 11.6 Å².